The van der Waals surface area contributed by atoms with Gasteiger partial charge in [0, 0.05) is 75.1 Å². The van der Waals surface area contributed by atoms with E-state index in [0.29, 0.717) is 48.4 Å². The van der Waals surface area contributed by atoms with E-state index in [2.05, 4.69) is 70.1 Å². The van der Waals surface area contributed by atoms with Gasteiger partial charge in [0.15, 0.2) is 0 Å². The molecule has 6 rings (SSSR count). The van der Waals surface area contributed by atoms with E-state index in [1.807, 2.05) is 50.0 Å². The summed E-state index contributed by atoms with van der Waals surface area (Å²) in [5.41, 5.74) is 9.73. The second-order valence-corrected chi connectivity index (χ2v) is 14.6. The maximum absolute atomic E-state index is 9.81. The van der Waals surface area contributed by atoms with Crippen molar-refractivity contribution in [2.75, 3.05) is 33.3 Å². The van der Waals surface area contributed by atoms with Crippen molar-refractivity contribution in [3.8, 4) is 34.4 Å². The number of likely N-dealkylation sites (tertiary alicyclic amines) is 1. The minimum Gasteiger partial charge on any atom is -0.493 e. The molecule has 282 valence electrons. The van der Waals surface area contributed by atoms with Gasteiger partial charge in [0.05, 0.1) is 29.0 Å². The topological polar surface area (TPSA) is 109 Å². The number of hydrogen-bond donors (Lipinski definition) is 1. The molecular weight excluding hydrogens is 700 g/mol. The molecule has 3 aromatic carbocycles. The first-order chi connectivity index (χ1) is 26.1. The first-order valence-corrected chi connectivity index (χ1v) is 18.8. The Morgan fingerprint density at radius 3 is 2.43 bits per heavy atom. The summed E-state index contributed by atoms with van der Waals surface area (Å²) >= 11 is 6.90. The van der Waals surface area contributed by atoms with Crippen LogP contribution in [0.5, 0.6) is 17.2 Å². The van der Waals surface area contributed by atoms with E-state index in [4.69, 9.17) is 25.8 Å². The van der Waals surface area contributed by atoms with Gasteiger partial charge in [-0.25, -0.2) is 0 Å². The van der Waals surface area contributed by atoms with Gasteiger partial charge >= 0.3 is 0 Å². The van der Waals surface area contributed by atoms with Crippen LogP contribution in [0.1, 0.15) is 57.6 Å². The van der Waals surface area contributed by atoms with Crippen LogP contribution in [0.2, 0.25) is 5.02 Å². The summed E-state index contributed by atoms with van der Waals surface area (Å²) in [5.74, 6) is 2.03. The molecule has 1 N–H and O–H groups in total. The molecule has 1 fully saturated rings. The zero-order valence-corrected chi connectivity index (χ0v) is 32.6. The number of rotatable bonds is 16. The maximum atomic E-state index is 9.81. The Balaban J connectivity index is 1.17. The van der Waals surface area contributed by atoms with Crippen molar-refractivity contribution in [2.45, 2.75) is 66.0 Å². The number of pyridine rings is 1. The first kappa shape index (κ1) is 38.8. The number of ether oxygens (including phenoxy) is 3. The molecule has 0 saturated carbocycles. The molecule has 0 radical (unpaired) electrons. The quantitative estimate of drug-likeness (QED) is 0.102. The van der Waals surface area contributed by atoms with Crippen molar-refractivity contribution in [2.24, 2.45) is 7.05 Å². The highest BCUT2D eigenvalue weighted by Gasteiger charge is 2.20. The van der Waals surface area contributed by atoms with Gasteiger partial charge in [0.25, 0.3) is 0 Å². The minimum absolute atomic E-state index is 0.202. The Labute approximate surface area is 323 Å². The van der Waals surface area contributed by atoms with Crippen LogP contribution in [-0.2, 0) is 33.4 Å². The molecule has 5 aromatic rings. The molecule has 2 aromatic heterocycles. The number of aliphatic hydroxyl groups is 1. The lowest BCUT2D eigenvalue weighted by Crippen LogP contribution is -2.24. The molecule has 0 spiro atoms. The second-order valence-electron chi connectivity index (χ2n) is 14.2. The molecule has 1 aliphatic heterocycles. The fourth-order valence-electron chi connectivity index (χ4n) is 6.90. The number of nitrogens with zero attached hydrogens (tertiary/aromatic N) is 6. The lowest BCUT2D eigenvalue weighted by Gasteiger charge is -2.20. The first-order valence-electron chi connectivity index (χ1n) is 18.4. The Morgan fingerprint density at radius 2 is 1.69 bits per heavy atom. The van der Waals surface area contributed by atoms with Crippen LogP contribution in [-0.4, -0.2) is 69.1 Å². The predicted octanol–water partition coefficient (Wildman–Crippen LogP) is 7.56. The molecule has 11 heteroatoms. The zero-order valence-electron chi connectivity index (χ0n) is 31.8. The van der Waals surface area contributed by atoms with Crippen molar-refractivity contribution in [3.63, 3.8) is 0 Å². The average molecular weight is 749 g/mol. The second kappa shape index (κ2) is 17.9. The molecule has 0 amide bonds. The van der Waals surface area contributed by atoms with E-state index in [1.165, 1.54) is 6.20 Å². The highest BCUT2D eigenvalue weighted by atomic mass is 35.5. The average Bonchev–Trinajstić information content (AvgIpc) is 3.72. The summed E-state index contributed by atoms with van der Waals surface area (Å²) in [6, 6.07) is 22.2. The van der Waals surface area contributed by atoms with Crippen molar-refractivity contribution in [1.82, 2.24) is 24.6 Å². The van der Waals surface area contributed by atoms with Gasteiger partial charge in [0.1, 0.15) is 36.5 Å². The minimum atomic E-state index is -0.202. The SMILES string of the molecule is Cc1c(COc2cc(OCc3cncc(C#N)c3)c(CN(C)Cc3cc(C)n(C)n3)cc2Cl)cccc1-c1cccc(OCCCN2CCC(O)C2)c1C. The molecular formula is C43H49ClN6O4. The smallest absolute Gasteiger partial charge is 0.142 e. The van der Waals surface area contributed by atoms with E-state index in [-0.39, 0.29) is 12.7 Å². The van der Waals surface area contributed by atoms with Crippen LogP contribution in [0, 0.1) is 32.1 Å². The van der Waals surface area contributed by atoms with E-state index in [1.54, 1.807) is 12.3 Å². The number of β-amino-alcohol motifs (C(OH)–C–C–N with tert-alkyl or cyclic N) is 1. The predicted molar refractivity (Wildman–Crippen MR) is 211 cm³/mol. The van der Waals surface area contributed by atoms with E-state index in [9.17, 15) is 10.4 Å². The van der Waals surface area contributed by atoms with Crippen LogP contribution < -0.4 is 14.2 Å². The van der Waals surface area contributed by atoms with E-state index < -0.39 is 0 Å². The fourth-order valence-corrected chi connectivity index (χ4v) is 7.14. The lowest BCUT2D eigenvalue weighted by molar-refractivity contribution is 0.173. The normalized spacial score (nSPS) is 14.4. The van der Waals surface area contributed by atoms with Crippen molar-refractivity contribution < 1.29 is 19.3 Å². The summed E-state index contributed by atoms with van der Waals surface area (Å²) in [7, 11) is 3.98. The van der Waals surface area contributed by atoms with Crippen LogP contribution in [0.3, 0.4) is 0 Å². The monoisotopic (exact) mass is 748 g/mol. The van der Waals surface area contributed by atoms with E-state index in [0.717, 1.165) is 88.6 Å². The van der Waals surface area contributed by atoms with Crippen LogP contribution >= 0.6 is 11.6 Å². The number of halogens is 1. The number of aromatic nitrogens is 3. The van der Waals surface area contributed by atoms with Crippen LogP contribution in [0.4, 0.5) is 0 Å². The van der Waals surface area contributed by atoms with Gasteiger partial charge in [-0.15, -0.1) is 0 Å². The fraction of sp³-hybridized carbons (Fsp3) is 0.372. The van der Waals surface area contributed by atoms with Gasteiger partial charge in [-0.05, 0) is 92.7 Å². The van der Waals surface area contributed by atoms with Gasteiger partial charge < -0.3 is 24.2 Å². The van der Waals surface area contributed by atoms with Crippen LogP contribution in [0.25, 0.3) is 11.1 Å². The highest BCUT2D eigenvalue weighted by Crippen LogP contribution is 2.37. The standard InChI is InChI=1S/C43H49ClN6O4/c1-29-17-36(47-49(29)5)25-48(4)24-35-19-40(44)43(20-42(35)53-27-33-18-32(21-45)22-46-23-33)54-28-34-9-6-10-38(30(34)2)39-11-7-12-41(31(39)3)52-16-8-14-50-15-13-37(51)26-50/h6-7,9-12,17-20,22-23,37,51H,8,13-16,24-28H2,1-5H3. The summed E-state index contributed by atoms with van der Waals surface area (Å²) in [5, 5.41) is 24.3. The third-order valence-electron chi connectivity index (χ3n) is 10.00. The molecule has 1 atom stereocenters. The number of nitriles is 1. The van der Waals surface area contributed by atoms with E-state index >= 15 is 0 Å². The molecule has 0 bridgehead atoms. The Hall–Kier alpha value is -4.92. The van der Waals surface area contributed by atoms with Crippen molar-refractivity contribution in [1.29, 1.82) is 5.26 Å². The Morgan fingerprint density at radius 1 is 0.907 bits per heavy atom. The van der Waals surface area contributed by atoms with Gasteiger partial charge in [-0.1, -0.05) is 41.9 Å². The third-order valence-corrected chi connectivity index (χ3v) is 10.3. The number of aryl methyl sites for hydroxylation is 2. The summed E-state index contributed by atoms with van der Waals surface area (Å²) in [4.78, 5) is 8.64. The number of aliphatic hydroxyl groups excluding tert-OH is 1. The Kier molecular flexibility index (Phi) is 12.9. The highest BCUT2D eigenvalue weighted by molar-refractivity contribution is 6.32. The van der Waals surface area contributed by atoms with Gasteiger partial charge in [-0.3, -0.25) is 14.6 Å². The van der Waals surface area contributed by atoms with Crippen LogP contribution in [0.15, 0.2) is 73.1 Å². The summed E-state index contributed by atoms with van der Waals surface area (Å²) in [6.07, 6.45) is 4.79. The molecule has 1 unspecified atom stereocenters. The zero-order chi connectivity index (χ0) is 38.2. The number of benzene rings is 3. The van der Waals surface area contributed by atoms with Gasteiger partial charge in [-0.2, -0.15) is 10.4 Å². The maximum Gasteiger partial charge on any atom is 0.142 e. The largest absolute Gasteiger partial charge is 0.493 e. The summed E-state index contributed by atoms with van der Waals surface area (Å²) in [6.45, 7) is 11.3. The third kappa shape index (κ3) is 9.78. The molecule has 1 saturated heterocycles. The Bertz CT molecular complexity index is 2090. The molecule has 0 aliphatic carbocycles. The van der Waals surface area contributed by atoms with Crippen molar-refractivity contribution in [3.05, 3.63) is 123 Å². The molecule has 3 heterocycles. The summed E-state index contributed by atoms with van der Waals surface area (Å²) < 4.78 is 20.9. The molecule has 1 aliphatic rings. The number of hydrogen-bond acceptors (Lipinski definition) is 9. The lowest BCUT2D eigenvalue weighted by atomic mass is 9.93. The van der Waals surface area contributed by atoms with Crippen molar-refractivity contribution >= 4 is 11.6 Å². The molecule has 54 heavy (non-hydrogen) atoms. The van der Waals surface area contributed by atoms with Gasteiger partial charge in [0.2, 0.25) is 0 Å². The molecule has 10 nitrogen and oxygen atoms in total.